The summed E-state index contributed by atoms with van der Waals surface area (Å²) in [5, 5.41) is 5.98. The van der Waals surface area contributed by atoms with Crippen LogP contribution >= 0.6 is 35.3 Å². The van der Waals surface area contributed by atoms with Crippen LogP contribution in [0.15, 0.2) is 33.2 Å². The zero-order valence-electron chi connectivity index (χ0n) is 12.7. The molecule has 0 aromatic carbocycles. The standard InChI is InChI=1S/C15H22N4OS.HI/c1-2-3-4-5-8-17-15(16)18-10-12-11-21-14(19-12)13-7-6-9-20-13;/h6-7,9,11H,2-5,8,10H2,1H3,(H3,16,17,18);1H. The van der Waals surface area contributed by atoms with Crippen LogP contribution in [0.25, 0.3) is 10.8 Å². The van der Waals surface area contributed by atoms with E-state index in [1.807, 2.05) is 17.5 Å². The molecule has 0 fully saturated rings. The van der Waals surface area contributed by atoms with Crippen molar-refractivity contribution < 1.29 is 4.42 Å². The molecule has 2 rings (SSSR count). The van der Waals surface area contributed by atoms with Crippen molar-refractivity contribution in [3.63, 3.8) is 0 Å². The van der Waals surface area contributed by atoms with E-state index in [-0.39, 0.29) is 24.0 Å². The van der Waals surface area contributed by atoms with Gasteiger partial charge in [0.1, 0.15) is 0 Å². The molecule has 0 saturated heterocycles. The van der Waals surface area contributed by atoms with Gasteiger partial charge in [0.2, 0.25) is 0 Å². The van der Waals surface area contributed by atoms with E-state index in [2.05, 4.69) is 22.2 Å². The first-order valence-electron chi connectivity index (χ1n) is 7.31. The summed E-state index contributed by atoms with van der Waals surface area (Å²) in [6.45, 7) is 3.57. The number of guanidine groups is 1. The van der Waals surface area contributed by atoms with Gasteiger partial charge in [-0.2, -0.15) is 0 Å². The number of thiazole rings is 1. The number of nitrogens with zero attached hydrogens (tertiary/aromatic N) is 2. The Morgan fingerprint density at radius 2 is 2.27 bits per heavy atom. The molecule has 0 aliphatic rings. The van der Waals surface area contributed by atoms with Crippen LogP contribution in [0.1, 0.15) is 38.3 Å². The minimum atomic E-state index is 0. The van der Waals surface area contributed by atoms with Crippen LogP contribution < -0.4 is 11.1 Å². The fourth-order valence-electron chi connectivity index (χ4n) is 1.88. The van der Waals surface area contributed by atoms with Crippen molar-refractivity contribution in [2.24, 2.45) is 10.7 Å². The number of hydrogen-bond acceptors (Lipinski definition) is 4. The number of unbranched alkanes of at least 4 members (excludes halogenated alkanes) is 3. The van der Waals surface area contributed by atoms with Crippen molar-refractivity contribution in [2.45, 2.75) is 39.2 Å². The third kappa shape index (κ3) is 6.35. The molecule has 0 aliphatic carbocycles. The maximum absolute atomic E-state index is 5.83. The van der Waals surface area contributed by atoms with Crippen molar-refractivity contribution in [3.05, 3.63) is 29.5 Å². The van der Waals surface area contributed by atoms with Crippen LogP contribution in [0, 0.1) is 0 Å². The number of halogens is 1. The van der Waals surface area contributed by atoms with Gasteiger partial charge in [-0.3, -0.25) is 0 Å². The van der Waals surface area contributed by atoms with E-state index >= 15 is 0 Å². The van der Waals surface area contributed by atoms with E-state index in [1.54, 1.807) is 17.6 Å². The van der Waals surface area contributed by atoms with Crippen molar-refractivity contribution in [3.8, 4) is 10.8 Å². The molecule has 2 aromatic heterocycles. The van der Waals surface area contributed by atoms with Crippen LogP contribution in [0.2, 0.25) is 0 Å². The maximum atomic E-state index is 5.83. The Hall–Kier alpha value is -1.09. The normalized spacial score (nSPS) is 11.2. The van der Waals surface area contributed by atoms with Crippen molar-refractivity contribution in [1.29, 1.82) is 0 Å². The molecule has 0 aliphatic heterocycles. The van der Waals surface area contributed by atoms with Crippen LogP contribution in [0.3, 0.4) is 0 Å². The zero-order chi connectivity index (χ0) is 14.9. The predicted molar refractivity (Wildman–Crippen MR) is 103 cm³/mol. The lowest BCUT2D eigenvalue weighted by atomic mass is 10.2. The second-order valence-corrected chi connectivity index (χ2v) is 5.67. The molecule has 0 unspecified atom stereocenters. The molecule has 7 heteroatoms. The van der Waals surface area contributed by atoms with E-state index in [0.717, 1.165) is 29.4 Å². The van der Waals surface area contributed by atoms with Crippen LogP contribution in [0.4, 0.5) is 0 Å². The van der Waals surface area contributed by atoms with Gasteiger partial charge in [0, 0.05) is 11.9 Å². The maximum Gasteiger partial charge on any atom is 0.188 e. The highest BCUT2D eigenvalue weighted by Gasteiger charge is 2.06. The summed E-state index contributed by atoms with van der Waals surface area (Å²) in [6.07, 6.45) is 6.52. The van der Waals surface area contributed by atoms with Gasteiger partial charge in [-0.05, 0) is 18.6 Å². The van der Waals surface area contributed by atoms with Gasteiger partial charge in [0.05, 0.1) is 18.5 Å². The van der Waals surface area contributed by atoms with Crippen molar-refractivity contribution >= 4 is 41.3 Å². The molecule has 122 valence electrons. The summed E-state index contributed by atoms with van der Waals surface area (Å²) >= 11 is 1.55. The highest BCUT2D eigenvalue weighted by Crippen LogP contribution is 2.24. The molecule has 0 saturated carbocycles. The Kier molecular flexibility index (Phi) is 9.14. The monoisotopic (exact) mass is 434 g/mol. The van der Waals surface area contributed by atoms with Gasteiger partial charge in [0.15, 0.2) is 16.7 Å². The third-order valence-corrected chi connectivity index (χ3v) is 3.94. The zero-order valence-corrected chi connectivity index (χ0v) is 15.9. The van der Waals surface area contributed by atoms with Crippen molar-refractivity contribution in [1.82, 2.24) is 10.3 Å². The predicted octanol–water partition coefficient (Wildman–Crippen LogP) is 4.01. The molecular weight excluding hydrogens is 411 g/mol. The first-order chi connectivity index (χ1) is 10.3. The van der Waals surface area contributed by atoms with Gasteiger partial charge in [-0.15, -0.1) is 35.3 Å². The number of nitrogens with one attached hydrogen (secondary N) is 1. The summed E-state index contributed by atoms with van der Waals surface area (Å²) in [7, 11) is 0. The van der Waals surface area contributed by atoms with E-state index in [1.165, 1.54) is 19.3 Å². The van der Waals surface area contributed by atoms with Crippen LogP contribution in [0.5, 0.6) is 0 Å². The third-order valence-electron chi connectivity index (χ3n) is 3.03. The second-order valence-electron chi connectivity index (χ2n) is 4.81. The van der Waals surface area contributed by atoms with Gasteiger partial charge in [-0.25, -0.2) is 9.98 Å². The van der Waals surface area contributed by atoms with E-state index < -0.39 is 0 Å². The lowest BCUT2D eigenvalue weighted by molar-refractivity contribution is 0.581. The average molecular weight is 434 g/mol. The largest absolute Gasteiger partial charge is 0.462 e. The Bertz CT molecular complexity index is 554. The highest BCUT2D eigenvalue weighted by atomic mass is 127. The van der Waals surface area contributed by atoms with Crippen molar-refractivity contribution in [2.75, 3.05) is 6.54 Å². The topological polar surface area (TPSA) is 76.4 Å². The van der Waals surface area contributed by atoms with E-state index in [9.17, 15) is 0 Å². The number of hydrogen-bond donors (Lipinski definition) is 2. The first-order valence-corrected chi connectivity index (χ1v) is 8.19. The summed E-state index contributed by atoms with van der Waals surface area (Å²) < 4.78 is 5.32. The number of nitrogens with two attached hydrogens (primary N) is 1. The molecule has 2 heterocycles. The summed E-state index contributed by atoms with van der Waals surface area (Å²) in [5.41, 5.74) is 6.74. The van der Waals surface area contributed by atoms with Gasteiger partial charge in [-0.1, -0.05) is 26.2 Å². The van der Waals surface area contributed by atoms with Crippen LogP contribution in [-0.2, 0) is 6.54 Å². The molecule has 0 radical (unpaired) electrons. The second kappa shape index (κ2) is 10.6. The lowest BCUT2D eigenvalue weighted by Gasteiger charge is -2.04. The molecule has 0 spiro atoms. The fourth-order valence-corrected chi connectivity index (χ4v) is 2.66. The van der Waals surface area contributed by atoms with Gasteiger partial charge >= 0.3 is 0 Å². The quantitative estimate of drug-likeness (QED) is 0.285. The Morgan fingerprint density at radius 1 is 1.41 bits per heavy atom. The molecule has 2 aromatic rings. The minimum absolute atomic E-state index is 0. The highest BCUT2D eigenvalue weighted by molar-refractivity contribution is 14.0. The van der Waals surface area contributed by atoms with Gasteiger partial charge in [0.25, 0.3) is 0 Å². The minimum Gasteiger partial charge on any atom is -0.462 e. The molecule has 22 heavy (non-hydrogen) atoms. The first kappa shape index (κ1) is 19.0. The molecule has 0 bridgehead atoms. The molecule has 5 nitrogen and oxygen atoms in total. The Balaban J connectivity index is 0.00000242. The average Bonchev–Trinajstić information content (AvgIpc) is 3.15. The molecule has 0 amide bonds. The SMILES string of the molecule is CCCCCCNC(N)=NCc1csc(-c2ccco2)n1.I. The lowest BCUT2D eigenvalue weighted by Crippen LogP contribution is -2.32. The Labute approximate surface area is 152 Å². The van der Waals surface area contributed by atoms with Gasteiger partial charge < -0.3 is 15.5 Å². The molecular formula is C15H23IN4OS. The smallest absolute Gasteiger partial charge is 0.188 e. The summed E-state index contributed by atoms with van der Waals surface area (Å²) in [5.74, 6) is 1.27. The number of rotatable bonds is 8. The number of aliphatic imine (C=N–C) groups is 1. The Morgan fingerprint density at radius 3 is 3.00 bits per heavy atom. The summed E-state index contributed by atoms with van der Waals surface area (Å²) in [6, 6.07) is 3.76. The van der Waals surface area contributed by atoms with Crippen LogP contribution in [-0.4, -0.2) is 17.5 Å². The fraction of sp³-hybridized carbons (Fsp3) is 0.467. The summed E-state index contributed by atoms with van der Waals surface area (Å²) in [4.78, 5) is 8.78. The molecule has 0 atom stereocenters. The van der Waals surface area contributed by atoms with E-state index in [4.69, 9.17) is 10.2 Å². The number of furan rings is 1. The number of aromatic nitrogens is 1. The van der Waals surface area contributed by atoms with E-state index in [0.29, 0.717) is 12.5 Å². The molecule has 3 N–H and O–H groups in total.